The molecule has 3 aromatic heterocycles. The number of hydrogen-bond donors (Lipinski definition) is 1. The molecule has 3 aromatic rings. The van der Waals surface area contributed by atoms with Crippen molar-refractivity contribution in [2.45, 2.75) is 0 Å². The van der Waals surface area contributed by atoms with Gasteiger partial charge in [0, 0.05) is 0 Å². The molecule has 7 heteroatoms. The zero-order chi connectivity index (χ0) is 10.3. The van der Waals surface area contributed by atoms with Crippen molar-refractivity contribution in [1.82, 2.24) is 35.3 Å². The van der Waals surface area contributed by atoms with Gasteiger partial charge in [0.1, 0.15) is 11.8 Å². The van der Waals surface area contributed by atoms with Crippen LogP contribution in [0.2, 0.25) is 0 Å². The van der Waals surface area contributed by atoms with Gasteiger partial charge in [-0.05, 0) is 11.3 Å². The predicted molar refractivity (Wildman–Crippen MR) is 51.5 cm³/mol. The van der Waals surface area contributed by atoms with Crippen LogP contribution in [0.25, 0.3) is 11.2 Å². The smallest absolute Gasteiger partial charge is 0.180 e. The summed E-state index contributed by atoms with van der Waals surface area (Å²) in [5.74, 6) is 0. The summed E-state index contributed by atoms with van der Waals surface area (Å²) >= 11 is 0. The monoisotopic (exact) mass is 201 g/mol. The molecular weight excluding hydrogens is 194 g/mol. The number of fused-ring (bicyclic) bond motifs is 1. The average molecular weight is 201 g/mol. The number of nitrogens with one attached hydrogen (secondary N) is 1. The molecule has 0 aliphatic rings. The maximum absolute atomic E-state index is 3.91. The molecule has 0 saturated carbocycles. The standard InChI is InChI=1S/C5H4N4.C3H3N3/c1-4-5(8-2-6-1)9-3-7-4;1-2-4-6-5-3-1/h1-3H,(H,6,7,8,9);1-3H. The quantitative estimate of drug-likeness (QED) is 0.559. The Morgan fingerprint density at radius 1 is 1.07 bits per heavy atom. The molecule has 0 atom stereocenters. The molecule has 0 saturated heterocycles. The van der Waals surface area contributed by atoms with Crippen molar-refractivity contribution in [2.24, 2.45) is 0 Å². The third-order valence-corrected chi connectivity index (χ3v) is 1.51. The zero-order valence-electron chi connectivity index (χ0n) is 7.65. The third kappa shape index (κ3) is 2.50. The summed E-state index contributed by atoms with van der Waals surface area (Å²) < 4.78 is 0. The molecule has 74 valence electrons. The Morgan fingerprint density at radius 2 is 1.93 bits per heavy atom. The molecule has 0 amide bonds. The molecule has 0 spiro atoms. The molecule has 0 aromatic carbocycles. The Balaban J connectivity index is 0.000000124. The highest BCUT2D eigenvalue weighted by Gasteiger charge is 1.91. The van der Waals surface area contributed by atoms with Crippen LogP contribution >= 0.6 is 0 Å². The first-order chi connectivity index (χ1) is 7.47. The van der Waals surface area contributed by atoms with E-state index in [0.717, 1.165) is 5.52 Å². The topological polar surface area (TPSA) is 93.1 Å². The first kappa shape index (κ1) is 9.13. The Labute approximate surface area is 84.6 Å². The lowest BCUT2D eigenvalue weighted by molar-refractivity contribution is 0.865. The van der Waals surface area contributed by atoms with E-state index in [1.165, 1.54) is 6.33 Å². The second kappa shape index (κ2) is 4.70. The van der Waals surface area contributed by atoms with Crippen molar-refractivity contribution in [1.29, 1.82) is 0 Å². The minimum absolute atomic E-state index is 0.713. The van der Waals surface area contributed by atoms with E-state index in [1.807, 2.05) is 0 Å². The van der Waals surface area contributed by atoms with Crippen LogP contribution in [-0.4, -0.2) is 35.3 Å². The molecule has 15 heavy (non-hydrogen) atoms. The number of imidazole rings is 1. The molecule has 0 fully saturated rings. The molecule has 0 unspecified atom stereocenters. The van der Waals surface area contributed by atoms with Gasteiger partial charge in [0.25, 0.3) is 0 Å². The van der Waals surface area contributed by atoms with Crippen molar-refractivity contribution in [3.05, 3.63) is 37.3 Å². The first-order valence-corrected chi connectivity index (χ1v) is 4.14. The number of aromatic nitrogens is 7. The minimum Gasteiger partial charge on any atom is -0.342 e. The van der Waals surface area contributed by atoms with Crippen LogP contribution in [0.5, 0.6) is 0 Å². The second-order valence-corrected chi connectivity index (χ2v) is 2.47. The highest BCUT2D eigenvalue weighted by atomic mass is 15.3. The van der Waals surface area contributed by atoms with Crippen LogP contribution in [0, 0.1) is 0 Å². The van der Waals surface area contributed by atoms with E-state index in [-0.39, 0.29) is 0 Å². The van der Waals surface area contributed by atoms with Crippen molar-refractivity contribution in [3.8, 4) is 0 Å². The zero-order valence-corrected chi connectivity index (χ0v) is 7.65. The lowest BCUT2D eigenvalue weighted by Crippen LogP contribution is -1.78. The van der Waals surface area contributed by atoms with Gasteiger partial charge in [0.05, 0.1) is 24.9 Å². The van der Waals surface area contributed by atoms with Gasteiger partial charge in [-0.2, -0.15) is 0 Å². The predicted octanol–water partition coefficient (Wildman–Crippen LogP) is 0.224. The fraction of sp³-hybridized carbons (Fsp3) is 0. The fourth-order valence-electron chi connectivity index (χ4n) is 0.896. The minimum atomic E-state index is 0.713. The van der Waals surface area contributed by atoms with E-state index in [9.17, 15) is 0 Å². The van der Waals surface area contributed by atoms with Crippen LogP contribution < -0.4 is 0 Å². The van der Waals surface area contributed by atoms with Gasteiger partial charge in [0.15, 0.2) is 5.65 Å². The van der Waals surface area contributed by atoms with E-state index in [4.69, 9.17) is 0 Å². The van der Waals surface area contributed by atoms with Crippen LogP contribution in [0.15, 0.2) is 37.3 Å². The number of nitrogens with zero attached hydrogens (tertiary/aromatic N) is 6. The lowest BCUT2D eigenvalue weighted by atomic mass is 10.6. The summed E-state index contributed by atoms with van der Waals surface area (Å²) in [5, 5.41) is 10.1. The molecular formula is C8H7N7. The maximum Gasteiger partial charge on any atom is 0.180 e. The average Bonchev–Trinajstić information content (AvgIpc) is 2.80. The van der Waals surface area contributed by atoms with Crippen molar-refractivity contribution in [2.75, 3.05) is 0 Å². The summed E-state index contributed by atoms with van der Waals surface area (Å²) in [6, 6.07) is 1.72. The largest absolute Gasteiger partial charge is 0.342 e. The van der Waals surface area contributed by atoms with Crippen LogP contribution in [-0.2, 0) is 0 Å². The summed E-state index contributed by atoms with van der Waals surface area (Å²) in [7, 11) is 0. The highest BCUT2D eigenvalue weighted by molar-refractivity contribution is 5.67. The van der Waals surface area contributed by atoms with E-state index in [0.29, 0.717) is 5.65 Å². The first-order valence-electron chi connectivity index (χ1n) is 4.14. The van der Waals surface area contributed by atoms with E-state index in [2.05, 4.69) is 35.3 Å². The van der Waals surface area contributed by atoms with Gasteiger partial charge in [-0.15, -0.1) is 10.2 Å². The third-order valence-electron chi connectivity index (χ3n) is 1.51. The van der Waals surface area contributed by atoms with E-state index >= 15 is 0 Å². The number of rotatable bonds is 0. The van der Waals surface area contributed by atoms with Gasteiger partial charge < -0.3 is 4.98 Å². The van der Waals surface area contributed by atoms with Gasteiger partial charge in [-0.25, -0.2) is 15.0 Å². The summed E-state index contributed by atoms with van der Waals surface area (Å²) in [4.78, 5) is 14.5. The van der Waals surface area contributed by atoms with Crippen LogP contribution in [0.3, 0.4) is 0 Å². The van der Waals surface area contributed by atoms with Gasteiger partial charge in [-0.1, -0.05) is 0 Å². The van der Waals surface area contributed by atoms with Crippen molar-refractivity contribution < 1.29 is 0 Å². The molecule has 1 N–H and O–H groups in total. The maximum atomic E-state index is 3.91. The summed E-state index contributed by atoms with van der Waals surface area (Å²) in [6.45, 7) is 0. The van der Waals surface area contributed by atoms with Gasteiger partial charge in [0.2, 0.25) is 0 Å². The molecule has 0 bridgehead atoms. The van der Waals surface area contributed by atoms with Crippen molar-refractivity contribution in [3.63, 3.8) is 0 Å². The number of aromatic amines is 1. The Hall–Kier alpha value is -2.44. The van der Waals surface area contributed by atoms with Crippen LogP contribution in [0.4, 0.5) is 0 Å². The molecule has 0 aliphatic carbocycles. The number of hydrogen-bond acceptors (Lipinski definition) is 6. The molecule has 0 radical (unpaired) electrons. The Bertz CT molecular complexity index is 449. The normalized spacial score (nSPS) is 9.33. The van der Waals surface area contributed by atoms with Crippen molar-refractivity contribution >= 4 is 11.2 Å². The summed E-state index contributed by atoms with van der Waals surface area (Å²) in [6.07, 6.45) is 7.91. The Kier molecular flexibility index (Phi) is 2.86. The van der Waals surface area contributed by atoms with E-state index < -0.39 is 0 Å². The van der Waals surface area contributed by atoms with Gasteiger partial charge in [-0.3, -0.25) is 0 Å². The lowest BCUT2D eigenvalue weighted by Gasteiger charge is -1.80. The second-order valence-electron chi connectivity index (χ2n) is 2.47. The SMILES string of the molecule is c1cnnnc1.c1ncc2[nH]cnc2n1. The van der Waals surface area contributed by atoms with E-state index in [1.54, 1.807) is 31.0 Å². The molecule has 3 rings (SSSR count). The molecule has 3 heterocycles. The van der Waals surface area contributed by atoms with Gasteiger partial charge >= 0.3 is 0 Å². The summed E-state index contributed by atoms with van der Waals surface area (Å²) in [5.41, 5.74) is 1.59. The molecule has 7 nitrogen and oxygen atoms in total. The van der Waals surface area contributed by atoms with Crippen LogP contribution in [0.1, 0.15) is 0 Å². The highest BCUT2D eigenvalue weighted by Crippen LogP contribution is 1.99. The fourth-order valence-corrected chi connectivity index (χ4v) is 0.896. The Morgan fingerprint density at radius 3 is 2.53 bits per heavy atom. The number of H-pyrrole nitrogens is 1. The molecule has 0 aliphatic heterocycles.